The molecular weight excluding hydrogens is 929 g/mol. The van der Waals surface area contributed by atoms with Crippen molar-refractivity contribution >= 4 is 67.5 Å². The number of H-pyrrole nitrogens is 2. The molecule has 0 saturated carbocycles. The number of rotatable bonds is 11. The van der Waals surface area contributed by atoms with Crippen molar-refractivity contribution in [1.29, 1.82) is 0 Å². The molecule has 0 spiro atoms. The maximum atomic E-state index is 14.6. The summed E-state index contributed by atoms with van der Waals surface area (Å²) in [6.45, 7) is 7.03. The van der Waals surface area contributed by atoms with Crippen LogP contribution in [0.3, 0.4) is 0 Å². The van der Waals surface area contributed by atoms with E-state index in [0.717, 1.165) is 16.4 Å². The SMILES string of the molecule is C=CCN1CC#CCN(NC(=O)[C@H](C)N)S(=O)(=O)N[C@H](Cc2c[nH]c3ccccc23)C(=O)N[C@@H](C)C(=O)N[C@@H](Cc2c[nH]c3ccccc23)C(=O)N[C@H](Cc2ccccc2)C(=O)N[C@H](C(N)=O)CCCC1. The lowest BCUT2D eigenvalue weighted by molar-refractivity contribution is -0.134. The van der Waals surface area contributed by atoms with Crippen LogP contribution in [0.15, 0.2) is 104 Å². The second kappa shape index (κ2) is 25.0. The fraction of sp³-hybridized carbons (Fsp3) is 0.360. The predicted octanol–water partition coefficient (Wildman–Crippen LogP) is 0.680. The summed E-state index contributed by atoms with van der Waals surface area (Å²) in [4.78, 5) is 91.4. The first-order valence-corrected chi connectivity index (χ1v) is 24.8. The predicted molar refractivity (Wildman–Crippen MR) is 269 cm³/mol. The summed E-state index contributed by atoms with van der Waals surface area (Å²) < 4.78 is 31.6. The first kappa shape index (κ1) is 53.0. The molecule has 3 heterocycles. The number of nitrogens with zero attached hydrogens (tertiary/aromatic N) is 2. The zero-order valence-electron chi connectivity index (χ0n) is 39.7. The molecule has 6 atom stereocenters. The summed E-state index contributed by atoms with van der Waals surface area (Å²) in [6, 6.07) is 15.8. The highest BCUT2D eigenvalue weighted by Crippen LogP contribution is 2.21. The summed E-state index contributed by atoms with van der Waals surface area (Å²) in [5, 5.41) is 12.4. The van der Waals surface area contributed by atoms with Gasteiger partial charge in [0.25, 0.3) is 16.1 Å². The molecule has 71 heavy (non-hydrogen) atoms. The number of hydrogen-bond donors (Lipinski definition) is 10. The van der Waals surface area contributed by atoms with Gasteiger partial charge in [-0.05, 0) is 74.9 Å². The van der Waals surface area contributed by atoms with Crippen molar-refractivity contribution in [2.45, 2.75) is 88.6 Å². The van der Waals surface area contributed by atoms with Crippen LogP contribution in [0.4, 0.5) is 0 Å². The Hall–Kier alpha value is -7.35. The van der Waals surface area contributed by atoms with Gasteiger partial charge in [-0.1, -0.05) is 89.1 Å². The van der Waals surface area contributed by atoms with E-state index in [4.69, 9.17) is 11.5 Å². The molecule has 0 saturated heterocycles. The van der Waals surface area contributed by atoms with Crippen LogP contribution in [0.2, 0.25) is 0 Å². The zero-order valence-corrected chi connectivity index (χ0v) is 40.5. The van der Waals surface area contributed by atoms with Crippen molar-refractivity contribution in [3.63, 3.8) is 0 Å². The van der Waals surface area contributed by atoms with Gasteiger partial charge in [0.1, 0.15) is 30.2 Å². The highest BCUT2D eigenvalue weighted by Gasteiger charge is 2.35. The minimum atomic E-state index is -4.80. The Bertz CT molecular complexity index is 2870. The largest absolute Gasteiger partial charge is 0.368 e. The van der Waals surface area contributed by atoms with Crippen LogP contribution in [0.25, 0.3) is 21.8 Å². The molecule has 1 aliphatic rings. The lowest BCUT2D eigenvalue weighted by Gasteiger charge is -2.27. The van der Waals surface area contributed by atoms with E-state index in [-0.39, 0.29) is 32.2 Å². The number of carbonyl (C=O) groups excluding carboxylic acids is 6. The van der Waals surface area contributed by atoms with Crippen molar-refractivity contribution in [1.82, 2.24) is 50.7 Å². The van der Waals surface area contributed by atoms with Crippen molar-refractivity contribution < 1.29 is 37.2 Å². The smallest absolute Gasteiger partial charge is 0.298 e. The van der Waals surface area contributed by atoms with Crippen LogP contribution in [-0.4, -0.2) is 126 Å². The minimum absolute atomic E-state index is 0.0156. The molecule has 0 bridgehead atoms. The number of hydrazine groups is 1. The second-order valence-corrected chi connectivity index (χ2v) is 19.1. The number of fused-ring (bicyclic) bond motifs is 2. The first-order chi connectivity index (χ1) is 34.0. The molecule has 3 aromatic carbocycles. The third kappa shape index (κ3) is 14.8. The molecule has 0 fully saturated rings. The Morgan fingerprint density at radius 3 is 1.93 bits per heavy atom. The molecular formula is C50H62N12O8S. The second-order valence-electron chi connectivity index (χ2n) is 17.5. The lowest BCUT2D eigenvalue weighted by Crippen LogP contribution is -2.60. The van der Waals surface area contributed by atoms with Crippen LogP contribution < -0.4 is 42.9 Å². The number of carbonyl (C=O) groups is 6. The van der Waals surface area contributed by atoms with Crippen molar-refractivity contribution in [2.75, 3.05) is 26.2 Å². The van der Waals surface area contributed by atoms with Gasteiger partial charge in [0, 0.05) is 53.6 Å². The topological polar surface area (TPSA) is 299 Å². The lowest BCUT2D eigenvalue weighted by atomic mass is 10.0. The highest BCUT2D eigenvalue weighted by atomic mass is 32.2. The van der Waals surface area contributed by atoms with Gasteiger partial charge in [-0.2, -0.15) is 13.1 Å². The average molecular weight is 991 g/mol. The first-order valence-electron chi connectivity index (χ1n) is 23.3. The van der Waals surface area contributed by atoms with E-state index >= 15 is 0 Å². The van der Waals surface area contributed by atoms with Crippen LogP contribution >= 0.6 is 0 Å². The van der Waals surface area contributed by atoms with Gasteiger partial charge < -0.3 is 42.7 Å². The normalized spacial score (nSPS) is 22.3. The van der Waals surface area contributed by atoms with E-state index < -0.39 is 88.4 Å². The van der Waals surface area contributed by atoms with E-state index in [1.165, 1.54) is 13.8 Å². The number of primary amides is 1. The third-order valence-electron chi connectivity index (χ3n) is 12.0. The maximum Gasteiger partial charge on any atom is 0.298 e. The number of aromatic nitrogens is 2. The molecule has 376 valence electrons. The Morgan fingerprint density at radius 1 is 0.761 bits per heavy atom. The number of aromatic amines is 2. The van der Waals surface area contributed by atoms with Gasteiger partial charge in [-0.15, -0.1) is 6.58 Å². The molecule has 6 rings (SSSR count). The number of benzene rings is 3. The molecule has 1 aliphatic heterocycles. The average Bonchev–Trinajstić information content (AvgIpc) is 3.95. The molecule has 0 radical (unpaired) electrons. The van der Waals surface area contributed by atoms with Gasteiger partial charge in [-0.25, -0.2) is 0 Å². The number of para-hydroxylation sites is 2. The summed E-state index contributed by atoms with van der Waals surface area (Å²) >= 11 is 0. The molecule has 0 aliphatic carbocycles. The van der Waals surface area contributed by atoms with Gasteiger partial charge in [0.05, 0.1) is 19.1 Å². The summed E-state index contributed by atoms with van der Waals surface area (Å²) in [7, 11) is -4.80. The van der Waals surface area contributed by atoms with E-state index in [9.17, 15) is 37.2 Å². The van der Waals surface area contributed by atoms with Gasteiger partial charge in [-0.3, -0.25) is 39.1 Å². The van der Waals surface area contributed by atoms with E-state index in [1.807, 2.05) is 41.3 Å². The number of hydrogen-bond acceptors (Lipinski definition) is 10. The van der Waals surface area contributed by atoms with Crippen LogP contribution in [0.5, 0.6) is 0 Å². The van der Waals surface area contributed by atoms with Crippen LogP contribution in [-0.2, 0) is 58.2 Å². The molecule has 12 N–H and O–H groups in total. The summed E-state index contributed by atoms with van der Waals surface area (Å²) in [5.41, 5.74) is 17.3. The van der Waals surface area contributed by atoms with Crippen LogP contribution in [0, 0.1) is 11.8 Å². The molecule has 2 aromatic heterocycles. The standard InChI is InChI=1S/C50H62N12O8S/c1-4-23-61-24-13-12-22-41(45(52)63)56-48(66)42(27-34-16-6-5-7-17-34)58-49(67)43(28-35-30-53-39-20-10-8-18-37(35)39)57-47(65)33(3)55-50(68)44(29-36-31-54-40-21-11-9-19-38(36)40)60-71(69,70)62(26-15-14-25-61)59-46(64)32(2)51/h4-11,16-21,30-33,41-44,53-54,60H,1,12-13,22-29,51H2,2-3H3,(H2,52,63)(H,55,68)(H,56,66)(H,57,65)(H,58,67)(H,59,64)/t32-,33-,41-,42+,43-,44+/m0/s1. The van der Waals surface area contributed by atoms with Gasteiger partial charge in [0.15, 0.2) is 0 Å². The Balaban J connectivity index is 1.37. The minimum Gasteiger partial charge on any atom is -0.368 e. The molecule has 6 amide bonds. The van der Waals surface area contributed by atoms with Crippen molar-refractivity contribution in [2.24, 2.45) is 11.5 Å². The fourth-order valence-corrected chi connectivity index (χ4v) is 9.17. The Kier molecular flexibility index (Phi) is 18.6. The van der Waals surface area contributed by atoms with Gasteiger partial charge >= 0.3 is 0 Å². The number of nitrogens with two attached hydrogens (primary N) is 2. The van der Waals surface area contributed by atoms with E-state index in [0.29, 0.717) is 52.4 Å². The molecule has 5 aromatic rings. The maximum absolute atomic E-state index is 14.6. The molecule has 21 heteroatoms. The van der Waals surface area contributed by atoms with Crippen molar-refractivity contribution in [3.8, 4) is 11.8 Å². The molecule has 0 unspecified atom stereocenters. The highest BCUT2D eigenvalue weighted by molar-refractivity contribution is 7.87. The zero-order chi connectivity index (χ0) is 51.1. The summed E-state index contributed by atoms with van der Waals surface area (Å²) in [5.74, 6) is 0.952. The van der Waals surface area contributed by atoms with Gasteiger partial charge in [0.2, 0.25) is 29.5 Å². The number of nitrogens with one attached hydrogen (secondary N) is 8. The van der Waals surface area contributed by atoms with E-state index in [1.54, 1.807) is 60.9 Å². The quantitative estimate of drug-likeness (QED) is 0.0652. The van der Waals surface area contributed by atoms with Crippen LogP contribution in [0.1, 0.15) is 49.8 Å². The Labute approximate surface area is 412 Å². The summed E-state index contributed by atoms with van der Waals surface area (Å²) in [6.07, 6.45) is 5.89. The van der Waals surface area contributed by atoms with E-state index in [2.05, 4.69) is 59.8 Å². The monoisotopic (exact) mass is 990 g/mol. The third-order valence-corrected chi connectivity index (χ3v) is 13.3. The molecule has 20 nitrogen and oxygen atoms in total. The fourth-order valence-electron chi connectivity index (χ4n) is 8.05. The number of amides is 6. The Morgan fingerprint density at radius 2 is 1.31 bits per heavy atom. The van der Waals surface area contributed by atoms with Crippen molar-refractivity contribution in [3.05, 3.63) is 121 Å².